The highest BCUT2D eigenvalue weighted by Crippen LogP contribution is 2.17. The molecule has 0 radical (unpaired) electrons. The zero-order chi connectivity index (χ0) is 17.6. The molecule has 0 spiro atoms. The molecular weight excluding hydrogens is 316 g/mol. The number of aromatic hydroxyl groups is 1. The molecule has 126 valence electrons. The summed E-state index contributed by atoms with van der Waals surface area (Å²) in [6.07, 6.45) is 1.55. The van der Waals surface area contributed by atoms with E-state index in [0.717, 1.165) is 16.8 Å². The van der Waals surface area contributed by atoms with E-state index in [-0.39, 0.29) is 18.1 Å². The number of aromatic nitrogens is 2. The Kier molecular flexibility index (Phi) is 4.89. The summed E-state index contributed by atoms with van der Waals surface area (Å²) in [5.41, 5.74) is 6.41. The summed E-state index contributed by atoms with van der Waals surface area (Å²) in [7, 11) is 0. The van der Waals surface area contributed by atoms with Crippen molar-refractivity contribution in [1.29, 1.82) is 0 Å². The van der Waals surface area contributed by atoms with E-state index in [1.54, 1.807) is 12.1 Å². The normalized spacial score (nSPS) is 10.9. The van der Waals surface area contributed by atoms with Gasteiger partial charge in [0.05, 0.1) is 18.3 Å². The minimum Gasteiger partial charge on any atom is -0.507 e. The number of nitrogens with one attached hydrogen (secondary N) is 2. The smallest absolute Gasteiger partial charge is 0.246 e. The summed E-state index contributed by atoms with van der Waals surface area (Å²) in [4.78, 5) is 12.0. The van der Waals surface area contributed by atoms with Crippen molar-refractivity contribution in [3.8, 4) is 17.0 Å². The van der Waals surface area contributed by atoms with E-state index < -0.39 is 0 Å². The van der Waals surface area contributed by atoms with Gasteiger partial charge < -0.3 is 5.11 Å². The van der Waals surface area contributed by atoms with Crippen molar-refractivity contribution in [2.75, 3.05) is 0 Å². The maximum atomic E-state index is 12.0. The molecule has 0 bridgehead atoms. The van der Waals surface area contributed by atoms with Crippen LogP contribution < -0.4 is 5.43 Å². The van der Waals surface area contributed by atoms with Gasteiger partial charge >= 0.3 is 0 Å². The van der Waals surface area contributed by atoms with E-state index in [9.17, 15) is 9.90 Å². The topological polar surface area (TPSA) is 90.4 Å². The quantitative estimate of drug-likeness (QED) is 0.495. The van der Waals surface area contributed by atoms with E-state index in [4.69, 9.17) is 0 Å². The Bertz CT molecular complexity index is 901. The number of carbonyl (C=O) groups excluding carboxylic acids is 1. The average molecular weight is 334 g/mol. The van der Waals surface area contributed by atoms with Gasteiger partial charge in [-0.15, -0.1) is 0 Å². The summed E-state index contributed by atoms with van der Waals surface area (Å²) in [6.45, 7) is 1.89. The molecule has 1 heterocycles. The van der Waals surface area contributed by atoms with Gasteiger partial charge in [-0.1, -0.05) is 36.4 Å². The van der Waals surface area contributed by atoms with Crippen LogP contribution in [0, 0.1) is 6.92 Å². The first-order valence-corrected chi connectivity index (χ1v) is 7.83. The summed E-state index contributed by atoms with van der Waals surface area (Å²) in [6, 6.07) is 16.8. The first kappa shape index (κ1) is 16.4. The van der Waals surface area contributed by atoms with Crippen LogP contribution in [0.2, 0.25) is 0 Å². The third-order valence-electron chi connectivity index (χ3n) is 3.63. The molecule has 3 N–H and O–H groups in total. The van der Waals surface area contributed by atoms with Crippen molar-refractivity contribution < 1.29 is 9.90 Å². The molecule has 0 aliphatic rings. The van der Waals surface area contributed by atoms with E-state index >= 15 is 0 Å². The molecule has 1 aromatic heterocycles. The number of rotatable bonds is 5. The third-order valence-corrected chi connectivity index (χ3v) is 3.63. The van der Waals surface area contributed by atoms with Crippen molar-refractivity contribution in [3.05, 3.63) is 71.4 Å². The van der Waals surface area contributed by atoms with Crippen LogP contribution in [0.1, 0.15) is 16.8 Å². The van der Waals surface area contributed by atoms with Crippen molar-refractivity contribution >= 4 is 12.1 Å². The average Bonchev–Trinajstić information content (AvgIpc) is 3.06. The van der Waals surface area contributed by atoms with Crippen LogP contribution in [0.3, 0.4) is 0 Å². The van der Waals surface area contributed by atoms with Gasteiger partial charge in [-0.2, -0.15) is 10.2 Å². The number of aryl methyl sites for hydroxylation is 1. The van der Waals surface area contributed by atoms with Gasteiger partial charge in [-0.25, -0.2) is 5.43 Å². The summed E-state index contributed by atoms with van der Waals surface area (Å²) in [5, 5.41) is 20.7. The highest BCUT2D eigenvalue weighted by molar-refractivity contribution is 5.85. The maximum absolute atomic E-state index is 12.0. The molecule has 0 unspecified atom stereocenters. The zero-order valence-electron chi connectivity index (χ0n) is 13.7. The van der Waals surface area contributed by atoms with E-state index in [2.05, 4.69) is 20.7 Å². The molecule has 6 heteroatoms. The lowest BCUT2D eigenvalue weighted by atomic mass is 10.1. The van der Waals surface area contributed by atoms with E-state index in [0.29, 0.717) is 11.3 Å². The number of H-pyrrole nitrogens is 1. The van der Waals surface area contributed by atoms with Crippen molar-refractivity contribution in [3.63, 3.8) is 0 Å². The summed E-state index contributed by atoms with van der Waals surface area (Å²) < 4.78 is 0. The molecule has 1 amide bonds. The number of nitrogens with zero attached hydrogens (tertiary/aromatic N) is 2. The second kappa shape index (κ2) is 7.44. The second-order valence-electron chi connectivity index (χ2n) is 5.68. The van der Waals surface area contributed by atoms with E-state index in [1.165, 1.54) is 6.21 Å². The lowest BCUT2D eigenvalue weighted by Gasteiger charge is -2.00. The number of amides is 1. The number of carbonyl (C=O) groups is 1. The Hall–Kier alpha value is -3.41. The Labute approximate surface area is 145 Å². The second-order valence-corrected chi connectivity index (χ2v) is 5.68. The Morgan fingerprint density at radius 3 is 2.80 bits per heavy atom. The van der Waals surface area contributed by atoms with Crippen LogP contribution in [-0.4, -0.2) is 27.4 Å². The van der Waals surface area contributed by atoms with Crippen molar-refractivity contribution in [2.45, 2.75) is 13.3 Å². The Morgan fingerprint density at radius 2 is 2.04 bits per heavy atom. The first-order valence-electron chi connectivity index (χ1n) is 7.83. The van der Waals surface area contributed by atoms with Gasteiger partial charge in [0.25, 0.3) is 0 Å². The molecule has 3 rings (SSSR count). The SMILES string of the molecule is Cc1ccc(/C=N/NC(=O)Cc2cc(-c3ccccc3)n[nH]2)c(O)c1. The monoisotopic (exact) mass is 334 g/mol. The van der Waals surface area contributed by atoms with Gasteiger partial charge in [-0.3, -0.25) is 9.89 Å². The van der Waals surface area contributed by atoms with Crippen LogP contribution in [0.4, 0.5) is 0 Å². The number of hydrogen-bond donors (Lipinski definition) is 3. The molecule has 6 nitrogen and oxygen atoms in total. The first-order chi connectivity index (χ1) is 12.1. The van der Waals surface area contributed by atoms with E-state index in [1.807, 2.05) is 49.4 Å². The number of aromatic amines is 1. The number of phenolic OH excluding ortho intramolecular Hbond substituents is 1. The molecule has 0 atom stereocenters. The van der Waals surface area contributed by atoms with Gasteiger partial charge in [0, 0.05) is 16.8 Å². The molecule has 0 aliphatic heterocycles. The standard InChI is InChI=1S/C19H18N4O2/c1-13-7-8-15(18(24)9-13)12-20-23-19(25)11-16-10-17(22-21-16)14-5-3-2-4-6-14/h2-10,12,24H,11H2,1H3,(H,21,22)(H,23,25)/b20-12+. The lowest BCUT2D eigenvalue weighted by molar-refractivity contribution is -0.120. The number of hydrazone groups is 1. The fraction of sp³-hybridized carbons (Fsp3) is 0.105. The van der Waals surface area contributed by atoms with Crippen LogP contribution in [0.15, 0.2) is 59.7 Å². The molecular formula is C19H18N4O2. The van der Waals surface area contributed by atoms with Crippen LogP contribution in [0.25, 0.3) is 11.3 Å². The molecule has 0 fully saturated rings. The highest BCUT2D eigenvalue weighted by atomic mass is 16.3. The Balaban J connectivity index is 1.58. The predicted molar refractivity (Wildman–Crippen MR) is 96.3 cm³/mol. The maximum Gasteiger partial charge on any atom is 0.246 e. The fourth-order valence-electron chi connectivity index (χ4n) is 2.36. The fourth-order valence-corrected chi connectivity index (χ4v) is 2.36. The predicted octanol–water partition coefficient (Wildman–Crippen LogP) is 2.78. The molecule has 0 saturated carbocycles. The largest absolute Gasteiger partial charge is 0.507 e. The summed E-state index contributed by atoms with van der Waals surface area (Å²) >= 11 is 0. The van der Waals surface area contributed by atoms with Crippen LogP contribution >= 0.6 is 0 Å². The number of phenols is 1. The summed E-state index contributed by atoms with van der Waals surface area (Å²) in [5.74, 6) is -0.148. The zero-order valence-corrected chi connectivity index (χ0v) is 13.7. The molecule has 0 saturated heterocycles. The molecule has 0 aliphatic carbocycles. The van der Waals surface area contributed by atoms with Crippen molar-refractivity contribution in [1.82, 2.24) is 15.6 Å². The Morgan fingerprint density at radius 1 is 1.24 bits per heavy atom. The molecule has 25 heavy (non-hydrogen) atoms. The minimum absolute atomic E-state index is 0.124. The van der Waals surface area contributed by atoms with Gasteiger partial charge in [0.15, 0.2) is 0 Å². The number of hydrogen-bond acceptors (Lipinski definition) is 4. The van der Waals surface area contributed by atoms with Crippen LogP contribution in [0.5, 0.6) is 5.75 Å². The highest BCUT2D eigenvalue weighted by Gasteiger charge is 2.07. The molecule has 3 aromatic rings. The van der Waals surface area contributed by atoms with Crippen molar-refractivity contribution in [2.24, 2.45) is 5.10 Å². The minimum atomic E-state index is -0.272. The van der Waals surface area contributed by atoms with Gasteiger partial charge in [0.2, 0.25) is 5.91 Å². The molecule has 2 aromatic carbocycles. The lowest BCUT2D eigenvalue weighted by Crippen LogP contribution is -2.19. The van der Waals surface area contributed by atoms with Gasteiger partial charge in [-0.05, 0) is 30.7 Å². The van der Waals surface area contributed by atoms with Crippen LogP contribution in [-0.2, 0) is 11.2 Å². The third kappa shape index (κ3) is 4.32. The number of benzene rings is 2. The van der Waals surface area contributed by atoms with Gasteiger partial charge in [0.1, 0.15) is 5.75 Å².